The van der Waals surface area contributed by atoms with Gasteiger partial charge < -0.3 is 19.0 Å². The van der Waals surface area contributed by atoms with E-state index in [1.807, 2.05) is 24.3 Å². The van der Waals surface area contributed by atoms with Crippen LogP contribution in [0.4, 0.5) is 15.4 Å². The van der Waals surface area contributed by atoms with Crippen molar-refractivity contribution in [2.75, 3.05) is 18.4 Å². The molecule has 0 aliphatic carbocycles. The minimum atomic E-state index is -0.736. The van der Waals surface area contributed by atoms with Crippen molar-refractivity contribution in [2.24, 2.45) is 0 Å². The number of nitrogens with one attached hydrogen (secondary N) is 1. The molecule has 218 valence electrons. The molecule has 1 aliphatic rings. The second-order valence-electron chi connectivity index (χ2n) is 11.2. The minimum absolute atomic E-state index is 0.0281. The van der Waals surface area contributed by atoms with E-state index >= 15 is 0 Å². The molecule has 1 N–H and O–H groups in total. The zero-order valence-electron chi connectivity index (χ0n) is 24.0. The van der Waals surface area contributed by atoms with Crippen LogP contribution in [0, 0.1) is 0 Å². The number of hydrogen-bond acceptors (Lipinski definition) is 8. The van der Waals surface area contributed by atoms with Gasteiger partial charge in [-0.05, 0) is 79.4 Å². The van der Waals surface area contributed by atoms with E-state index in [1.165, 1.54) is 5.39 Å². The van der Waals surface area contributed by atoms with Gasteiger partial charge in [0.15, 0.2) is 0 Å². The first-order chi connectivity index (χ1) is 20.2. The van der Waals surface area contributed by atoms with Gasteiger partial charge in [-0.1, -0.05) is 54.6 Å². The molecule has 3 aromatic carbocycles. The van der Waals surface area contributed by atoms with Crippen LogP contribution in [0.1, 0.15) is 44.2 Å². The predicted molar refractivity (Wildman–Crippen MR) is 159 cm³/mol. The molecule has 9 nitrogen and oxygen atoms in total. The maximum atomic E-state index is 12.4. The number of amides is 1. The van der Waals surface area contributed by atoms with E-state index in [2.05, 4.69) is 40.6 Å². The van der Waals surface area contributed by atoms with Crippen molar-refractivity contribution in [1.29, 1.82) is 0 Å². The number of rotatable bonds is 7. The third-order valence-electron chi connectivity index (χ3n) is 6.81. The van der Waals surface area contributed by atoms with E-state index in [-0.39, 0.29) is 12.0 Å². The molecule has 0 spiro atoms. The zero-order valence-corrected chi connectivity index (χ0v) is 24.0. The second-order valence-corrected chi connectivity index (χ2v) is 11.2. The van der Waals surface area contributed by atoms with Crippen LogP contribution < -0.4 is 10.1 Å². The van der Waals surface area contributed by atoms with E-state index < -0.39 is 17.8 Å². The van der Waals surface area contributed by atoms with Crippen molar-refractivity contribution >= 4 is 28.8 Å². The fourth-order valence-corrected chi connectivity index (χ4v) is 4.88. The normalized spacial score (nSPS) is 17.4. The molecule has 1 aromatic heterocycles. The topological polar surface area (TPSA) is 99.2 Å². The van der Waals surface area contributed by atoms with Gasteiger partial charge in [0.1, 0.15) is 17.2 Å². The molecule has 42 heavy (non-hydrogen) atoms. The Balaban J connectivity index is 1.27. The van der Waals surface area contributed by atoms with E-state index in [1.54, 1.807) is 62.4 Å². The van der Waals surface area contributed by atoms with Crippen molar-refractivity contribution in [3.8, 4) is 5.75 Å². The number of aromatic nitrogens is 1. The van der Waals surface area contributed by atoms with Crippen LogP contribution in [0.25, 0.3) is 10.8 Å². The maximum absolute atomic E-state index is 12.4. The van der Waals surface area contributed by atoms with Gasteiger partial charge in [-0.25, -0.2) is 14.6 Å². The third kappa shape index (κ3) is 8.05. The highest BCUT2D eigenvalue weighted by molar-refractivity contribution is 5.85. The molecule has 0 radical (unpaired) electrons. The highest BCUT2D eigenvalue weighted by Crippen LogP contribution is 2.33. The summed E-state index contributed by atoms with van der Waals surface area (Å²) in [6, 6.07) is 27.1. The molecule has 1 saturated heterocycles. The summed E-state index contributed by atoms with van der Waals surface area (Å²) in [6.07, 6.45) is 0.649. The average molecular weight is 570 g/mol. The summed E-state index contributed by atoms with van der Waals surface area (Å²) in [7, 11) is 0. The van der Waals surface area contributed by atoms with Gasteiger partial charge in [-0.2, -0.15) is 0 Å². The van der Waals surface area contributed by atoms with Crippen LogP contribution in [0.2, 0.25) is 0 Å². The van der Waals surface area contributed by atoms with Gasteiger partial charge in [0.25, 0.3) is 0 Å². The Morgan fingerprint density at radius 1 is 0.952 bits per heavy atom. The average Bonchev–Trinajstić information content (AvgIpc) is 2.96. The van der Waals surface area contributed by atoms with E-state index in [9.17, 15) is 9.59 Å². The second kappa shape index (κ2) is 13.0. The van der Waals surface area contributed by atoms with Crippen LogP contribution in [-0.4, -0.2) is 47.1 Å². The number of anilines is 1. The molecule has 2 unspecified atom stereocenters. The Morgan fingerprint density at radius 2 is 1.71 bits per heavy atom. The van der Waals surface area contributed by atoms with Crippen molar-refractivity contribution in [2.45, 2.75) is 51.4 Å². The Bertz CT molecular complexity index is 1500. The first-order valence-electron chi connectivity index (χ1n) is 14.0. The monoisotopic (exact) mass is 569 g/mol. The lowest BCUT2D eigenvalue weighted by Crippen LogP contribution is -2.45. The maximum Gasteiger partial charge on any atom is 0.528 e. The number of hydrogen-bond donors (Lipinski definition) is 1. The van der Waals surface area contributed by atoms with Crippen molar-refractivity contribution in [1.82, 2.24) is 10.0 Å². The highest BCUT2D eigenvalue weighted by Gasteiger charge is 2.34. The number of carbonyl (C=O) groups is 2. The minimum Gasteiger partial charge on any atom is -0.427 e. The van der Waals surface area contributed by atoms with E-state index in [0.717, 1.165) is 16.5 Å². The van der Waals surface area contributed by atoms with Crippen LogP contribution >= 0.6 is 0 Å². The lowest BCUT2D eigenvalue weighted by atomic mass is 9.87. The van der Waals surface area contributed by atoms with Gasteiger partial charge in [0.2, 0.25) is 0 Å². The van der Waals surface area contributed by atoms with Crippen LogP contribution in [-0.2, 0) is 20.9 Å². The number of fused-ring (bicyclic) bond motifs is 1. The first kappa shape index (κ1) is 29.0. The number of ether oxygens (including phenoxy) is 3. The largest absolute Gasteiger partial charge is 0.528 e. The molecule has 0 saturated carbocycles. The van der Waals surface area contributed by atoms with E-state index in [0.29, 0.717) is 37.7 Å². The molecular weight excluding hydrogens is 534 g/mol. The lowest BCUT2D eigenvalue weighted by molar-refractivity contribution is -0.179. The molecule has 2 heterocycles. The molecule has 0 bridgehead atoms. The van der Waals surface area contributed by atoms with Gasteiger partial charge >= 0.3 is 12.2 Å². The van der Waals surface area contributed by atoms with Crippen LogP contribution in [0.5, 0.6) is 5.75 Å². The summed E-state index contributed by atoms with van der Waals surface area (Å²) >= 11 is 0. The molecule has 1 fully saturated rings. The van der Waals surface area contributed by atoms with Crippen molar-refractivity contribution in [3.05, 3.63) is 102 Å². The Hall–Kier alpha value is -4.47. The number of carbonyl (C=O) groups excluding carboxylic acids is 2. The molecular formula is C33H35N3O6. The van der Waals surface area contributed by atoms with Crippen LogP contribution in [0.3, 0.4) is 0 Å². The summed E-state index contributed by atoms with van der Waals surface area (Å²) in [5.41, 5.74) is 1.44. The Morgan fingerprint density at radius 3 is 2.45 bits per heavy atom. The number of hydroxylamine groups is 2. The van der Waals surface area contributed by atoms with Crippen molar-refractivity contribution < 1.29 is 28.6 Å². The van der Waals surface area contributed by atoms with Crippen LogP contribution in [0.15, 0.2) is 91.1 Å². The lowest BCUT2D eigenvalue weighted by Gasteiger charge is -2.37. The van der Waals surface area contributed by atoms with E-state index in [4.69, 9.17) is 19.0 Å². The standard InChI is InChI=1S/C33H35N3O6/c1-33(2,3)41-32(38)42-36-19-17-28(29(21-36)39-22-23-11-12-24-8-4-5-9-26(24)20-23)25-13-15-27(16-14-25)40-31(37)35-30-10-6-7-18-34-30/h4-16,18,20,28-29H,17,19,21-22H2,1-3H3,(H,34,35,37). The summed E-state index contributed by atoms with van der Waals surface area (Å²) in [6.45, 7) is 6.69. The SMILES string of the molecule is CC(C)(C)OC(=O)ON1CCC(c2ccc(OC(=O)Nc3ccccn3)cc2)C(OCc2ccc3ccccc3c2)C1. The molecule has 5 rings (SSSR count). The van der Waals surface area contributed by atoms with Gasteiger partial charge in [-0.15, -0.1) is 5.06 Å². The molecule has 1 amide bonds. The zero-order chi connectivity index (χ0) is 29.5. The number of pyridine rings is 1. The third-order valence-corrected chi connectivity index (χ3v) is 6.81. The summed E-state index contributed by atoms with van der Waals surface area (Å²) < 4.78 is 17.3. The number of nitrogens with zero attached hydrogens (tertiary/aromatic N) is 2. The Labute approximate surface area is 245 Å². The quantitative estimate of drug-likeness (QED) is 0.236. The highest BCUT2D eigenvalue weighted by atomic mass is 16.8. The fourth-order valence-electron chi connectivity index (χ4n) is 4.88. The van der Waals surface area contributed by atoms with Crippen molar-refractivity contribution in [3.63, 3.8) is 0 Å². The molecule has 1 aliphatic heterocycles. The number of benzene rings is 3. The van der Waals surface area contributed by atoms with Gasteiger partial charge in [0, 0.05) is 18.7 Å². The van der Waals surface area contributed by atoms with Gasteiger partial charge in [-0.3, -0.25) is 5.32 Å². The molecule has 2 atom stereocenters. The van der Waals surface area contributed by atoms with Gasteiger partial charge in [0.05, 0.1) is 19.3 Å². The Kier molecular flexibility index (Phi) is 9.00. The predicted octanol–water partition coefficient (Wildman–Crippen LogP) is 7.09. The summed E-state index contributed by atoms with van der Waals surface area (Å²) in [5, 5.41) is 6.53. The molecule has 4 aromatic rings. The smallest absolute Gasteiger partial charge is 0.427 e. The summed E-state index contributed by atoms with van der Waals surface area (Å²) in [5.74, 6) is 0.845. The number of piperidine rings is 1. The summed E-state index contributed by atoms with van der Waals surface area (Å²) in [4.78, 5) is 34.2. The molecule has 9 heteroatoms. The first-order valence-corrected chi connectivity index (χ1v) is 14.0. The fraction of sp³-hybridized carbons (Fsp3) is 0.303.